The van der Waals surface area contributed by atoms with E-state index in [2.05, 4.69) is 15.0 Å². The second kappa shape index (κ2) is 6.33. The van der Waals surface area contributed by atoms with Gasteiger partial charge in [-0.3, -0.25) is 0 Å². The standard InChI is InChI=1S/C14H22N4O4/c1-14(2,3)22-13(20)18-7-5-6-10(18)8-17-9-11(15-16-17)12(19)21-4/h9-10H,5-8H2,1-4H3. The Labute approximate surface area is 129 Å². The van der Waals surface area contributed by atoms with Crippen LogP contribution in [-0.2, 0) is 16.0 Å². The first-order valence-electron chi connectivity index (χ1n) is 7.28. The molecule has 1 amide bonds. The van der Waals surface area contributed by atoms with Gasteiger partial charge < -0.3 is 14.4 Å². The van der Waals surface area contributed by atoms with Crippen molar-refractivity contribution in [1.82, 2.24) is 19.9 Å². The lowest BCUT2D eigenvalue weighted by Gasteiger charge is -2.28. The molecule has 0 N–H and O–H groups in total. The summed E-state index contributed by atoms with van der Waals surface area (Å²) in [5, 5.41) is 7.67. The van der Waals surface area contributed by atoms with Crippen LogP contribution in [-0.4, -0.2) is 57.3 Å². The van der Waals surface area contributed by atoms with Crippen molar-refractivity contribution in [3.63, 3.8) is 0 Å². The van der Waals surface area contributed by atoms with Gasteiger partial charge in [0, 0.05) is 6.54 Å². The van der Waals surface area contributed by atoms with Gasteiger partial charge in [-0.05, 0) is 33.6 Å². The Morgan fingerprint density at radius 3 is 2.77 bits per heavy atom. The molecule has 1 saturated heterocycles. The molecule has 0 aliphatic carbocycles. The quantitative estimate of drug-likeness (QED) is 0.786. The lowest BCUT2D eigenvalue weighted by molar-refractivity contribution is 0.0211. The molecule has 1 atom stereocenters. The van der Waals surface area contributed by atoms with Crippen LogP contribution in [0.3, 0.4) is 0 Å². The second-order valence-corrected chi connectivity index (χ2v) is 6.29. The molecule has 8 nitrogen and oxygen atoms in total. The molecule has 122 valence electrons. The SMILES string of the molecule is COC(=O)c1cn(CC2CCCN2C(=O)OC(C)(C)C)nn1. The smallest absolute Gasteiger partial charge is 0.410 e. The van der Waals surface area contributed by atoms with E-state index in [-0.39, 0.29) is 17.8 Å². The molecule has 1 aromatic rings. The number of carbonyl (C=O) groups is 2. The maximum absolute atomic E-state index is 12.2. The van der Waals surface area contributed by atoms with E-state index in [0.29, 0.717) is 13.1 Å². The van der Waals surface area contributed by atoms with E-state index >= 15 is 0 Å². The molecule has 8 heteroatoms. The van der Waals surface area contributed by atoms with Crippen LogP contribution in [0.1, 0.15) is 44.1 Å². The number of methoxy groups -OCH3 is 1. The van der Waals surface area contributed by atoms with Gasteiger partial charge in [-0.25, -0.2) is 14.3 Å². The summed E-state index contributed by atoms with van der Waals surface area (Å²) in [6.45, 7) is 6.67. The number of carbonyl (C=O) groups excluding carboxylic acids is 2. The maximum Gasteiger partial charge on any atom is 0.410 e. The summed E-state index contributed by atoms with van der Waals surface area (Å²) in [7, 11) is 1.29. The Hall–Kier alpha value is -2.12. The predicted molar refractivity (Wildman–Crippen MR) is 77.3 cm³/mol. The Bertz CT molecular complexity index is 549. The molecular weight excluding hydrogens is 288 g/mol. The minimum absolute atomic E-state index is 0.0120. The van der Waals surface area contributed by atoms with E-state index in [1.165, 1.54) is 13.3 Å². The molecule has 1 aromatic heterocycles. The zero-order valence-corrected chi connectivity index (χ0v) is 13.4. The van der Waals surface area contributed by atoms with Gasteiger partial charge in [0.05, 0.1) is 25.9 Å². The lowest BCUT2D eigenvalue weighted by Crippen LogP contribution is -2.41. The number of likely N-dealkylation sites (tertiary alicyclic amines) is 1. The van der Waals surface area contributed by atoms with Crippen LogP contribution in [0.15, 0.2) is 6.20 Å². The zero-order chi connectivity index (χ0) is 16.3. The molecule has 2 heterocycles. The van der Waals surface area contributed by atoms with Crippen molar-refractivity contribution in [3.8, 4) is 0 Å². The second-order valence-electron chi connectivity index (χ2n) is 6.29. The fourth-order valence-corrected chi connectivity index (χ4v) is 2.39. The molecule has 1 fully saturated rings. The van der Waals surface area contributed by atoms with Crippen molar-refractivity contribution in [2.75, 3.05) is 13.7 Å². The monoisotopic (exact) mass is 310 g/mol. The van der Waals surface area contributed by atoms with E-state index in [1.54, 1.807) is 9.58 Å². The highest BCUT2D eigenvalue weighted by Crippen LogP contribution is 2.21. The molecule has 1 aliphatic rings. The van der Waals surface area contributed by atoms with Crippen molar-refractivity contribution in [2.24, 2.45) is 0 Å². The van der Waals surface area contributed by atoms with Gasteiger partial charge in [-0.1, -0.05) is 5.21 Å². The molecule has 0 radical (unpaired) electrons. The summed E-state index contributed by atoms with van der Waals surface area (Å²) in [5.41, 5.74) is -0.362. The van der Waals surface area contributed by atoms with Gasteiger partial charge in [-0.2, -0.15) is 0 Å². The molecule has 0 saturated carbocycles. The van der Waals surface area contributed by atoms with Gasteiger partial charge in [0.2, 0.25) is 0 Å². The summed E-state index contributed by atoms with van der Waals surface area (Å²) in [4.78, 5) is 25.3. The van der Waals surface area contributed by atoms with Crippen LogP contribution >= 0.6 is 0 Å². The normalized spacial score (nSPS) is 18.4. The van der Waals surface area contributed by atoms with Crippen molar-refractivity contribution in [3.05, 3.63) is 11.9 Å². The predicted octanol–water partition coefficient (Wildman–Crippen LogP) is 1.46. The summed E-state index contributed by atoms with van der Waals surface area (Å²) in [5.74, 6) is -0.526. The molecule has 22 heavy (non-hydrogen) atoms. The van der Waals surface area contributed by atoms with Gasteiger partial charge >= 0.3 is 12.1 Å². The highest BCUT2D eigenvalue weighted by Gasteiger charge is 2.32. The fourth-order valence-electron chi connectivity index (χ4n) is 2.39. The van der Waals surface area contributed by atoms with Crippen molar-refractivity contribution in [1.29, 1.82) is 0 Å². The van der Waals surface area contributed by atoms with Crippen LogP contribution in [0.5, 0.6) is 0 Å². The topological polar surface area (TPSA) is 86.5 Å². The number of ether oxygens (including phenoxy) is 2. The first-order valence-corrected chi connectivity index (χ1v) is 7.28. The Morgan fingerprint density at radius 1 is 1.41 bits per heavy atom. The largest absolute Gasteiger partial charge is 0.464 e. The van der Waals surface area contributed by atoms with Crippen molar-refractivity contribution < 1.29 is 19.1 Å². The molecule has 1 aliphatic heterocycles. The average Bonchev–Trinajstić information content (AvgIpc) is 3.05. The maximum atomic E-state index is 12.2. The highest BCUT2D eigenvalue weighted by atomic mass is 16.6. The van der Waals surface area contributed by atoms with Crippen LogP contribution in [0.25, 0.3) is 0 Å². The Balaban J connectivity index is 2.00. The summed E-state index contributed by atoms with van der Waals surface area (Å²) in [6.07, 6.45) is 3.00. The van der Waals surface area contributed by atoms with Crippen molar-refractivity contribution >= 4 is 12.1 Å². The third-order valence-electron chi connectivity index (χ3n) is 3.34. The third kappa shape index (κ3) is 3.96. The highest BCUT2D eigenvalue weighted by molar-refractivity contribution is 5.86. The van der Waals surface area contributed by atoms with Crippen LogP contribution < -0.4 is 0 Å². The van der Waals surface area contributed by atoms with Crippen LogP contribution in [0.4, 0.5) is 4.79 Å². The van der Waals surface area contributed by atoms with Crippen LogP contribution in [0.2, 0.25) is 0 Å². The third-order valence-corrected chi connectivity index (χ3v) is 3.34. The van der Waals surface area contributed by atoms with Gasteiger partial charge in [-0.15, -0.1) is 5.10 Å². The Kier molecular flexibility index (Phi) is 4.68. The lowest BCUT2D eigenvalue weighted by atomic mass is 10.2. The minimum atomic E-state index is -0.526. The summed E-state index contributed by atoms with van der Waals surface area (Å²) < 4.78 is 11.6. The number of rotatable bonds is 3. The molecular formula is C14H22N4O4. The molecule has 0 spiro atoms. The number of hydrogen-bond donors (Lipinski definition) is 0. The van der Waals surface area contributed by atoms with E-state index in [1.807, 2.05) is 20.8 Å². The van der Waals surface area contributed by atoms with E-state index < -0.39 is 11.6 Å². The fraction of sp³-hybridized carbons (Fsp3) is 0.714. The van der Waals surface area contributed by atoms with Gasteiger partial charge in [0.25, 0.3) is 0 Å². The molecule has 0 bridgehead atoms. The summed E-state index contributed by atoms with van der Waals surface area (Å²) in [6, 6.07) is -0.0120. The molecule has 0 aromatic carbocycles. The van der Waals surface area contributed by atoms with E-state index in [0.717, 1.165) is 12.8 Å². The zero-order valence-electron chi connectivity index (χ0n) is 13.4. The number of nitrogens with zero attached hydrogens (tertiary/aromatic N) is 4. The van der Waals surface area contributed by atoms with Crippen LogP contribution in [0, 0.1) is 0 Å². The van der Waals surface area contributed by atoms with Gasteiger partial charge in [0.1, 0.15) is 5.60 Å². The summed E-state index contributed by atoms with van der Waals surface area (Å²) >= 11 is 0. The molecule has 2 rings (SSSR count). The van der Waals surface area contributed by atoms with E-state index in [9.17, 15) is 9.59 Å². The molecule has 1 unspecified atom stereocenters. The first kappa shape index (κ1) is 16.3. The Morgan fingerprint density at radius 2 is 2.14 bits per heavy atom. The van der Waals surface area contributed by atoms with Gasteiger partial charge in [0.15, 0.2) is 5.69 Å². The average molecular weight is 310 g/mol. The number of esters is 1. The first-order chi connectivity index (χ1) is 10.3. The minimum Gasteiger partial charge on any atom is -0.464 e. The number of amides is 1. The van der Waals surface area contributed by atoms with E-state index in [4.69, 9.17) is 4.74 Å². The number of aromatic nitrogens is 3. The van der Waals surface area contributed by atoms with Crippen molar-refractivity contribution in [2.45, 2.75) is 51.8 Å². The number of hydrogen-bond acceptors (Lipinski definition) is 6.